The molecule has 2 aromatic heterocycles. The van der Waals surface area contributed by atoms with E-state index >= 15 is 0 Å². The van der Waals surface area contributed by atoms with Crippen molar-refractivity contribution in [1.29, 1.82) is 0 Å². The molecule has 3 heterocycles. The van der Waals surface area contributed by atoms with E-state index in [1.165, 1.54) is 27.3 Å². The van der Waals surface area contributed by atoms with Crippen LogP contribution in [0, 0.1) is 13.8 Å². The van der Waals surface area contributed by atoms with Crippen LogP contribution in [0.2, 0.25) is 0 Å². The van der Waals surface area contributed by atoms with E-state index in [4.69, 9.17) is 0 Å². The molecule has 4 rings (SSSR count). The summed E-state index contributed by atoms with van der Waals surface area (Å²) in [5.41, 5.74) is 6.22. The Morgan fingerprint density at radius 1 is 1.22 bits per heavy atom. The van der Waals surface area contributed by atoms with Gasteiger partial charge in [0.2, 0.25) is 0 Å². The van der Waals surface area contributed by atoms with Crippen LogP contribution in [-0.2, 0) is 19.5 Å². The number of rotatable bonds is 3. The Hall–Kier alpha value is -1.98. The molecule has 0 unspecified atom stereocenters. The van der Waals surface area contributed by atoms with Crippen molar-refractivity contribution in [3.8, 4) is 11.3 Å². The third kappa shape index (κ3) is 2.94. The lowest BCUT2D eigenvalue weighted by Gasteiger charge is -2.26. The lowest BCUT2D eigenvalue weighted by Crippen LogP contribution is -2.29. The third-order valence-electron chi connectivity index (χ3n) is 4.39. The monoisotopic (exact) mass is 324 g/mol. The van der Waals surface area contributed by atoms with Crippen LogP contribution in [0.5, 0.6) is 0 Å². The van der Waals surface area contributed by atoms with Gasteiger partial charge < -0.3 is 0 Å². The molecule has 0 amide bonds. The number of thiazole rings is 1. The number of aromatic amines is 1. The number of aromatic nitrogens is 3. The van der Waals surface area contributed by atoms with Crippen LogP contribution in [0.3, 0.4) is 0 Å². The zero-order valence-corrected chi connectivity index (χ0v) is 14.3. The van der Waals surface area contributed by atoms with Crippen LogP contribution in [0.4, 0.5) is 0 Å². The van der Waals surface area contributed by atoms with Gasteiger partial charge in [-0.3, -0.25) is 10.00 Å². The first-order chi connectivity index (χ1) is 11.2. The van der Waals surface area contributed by atoms with Crippen molar-refractivity contribution < 1.29 is 0 Å². The summed E-state index contributed by atoms with van der Waals surface area (Å²) in [5.74, 6) is 0. The molecule has 0 saturated carbocycles. The minimum absolute atomic E-state index is 0.950. The minimum atomic E-state index is 0.950. The Balaban J connectivity index is 1.58. The number of nitrogens with one attached hydrogen (secondary N) is 1. The maximum absolute atomic E-state index is 4.58. The van der Waals surface area contributed by atoms with Gasteiger partial charge >= 0.3 is 0 Å². The number of aryl methyl sites for hydroxylation is 2. The van der Waals surface area contributed by atoms with E-state index in [0.717, 1.165) is 36.8 Å². The van der Waals surface area contributed by atoms with E-state index < -0.39 is 0 Å². The number of fused-ring (bicyclic) bond motifs is 1. The Morgan fingerprint density at radius 3 is 2.78 bits per heavy atom. The molecular formula is C18H20N4S. The average molecular weight is 324 g/mol. The average Bonchev–Trinajstić information content (AvgIpc) is 3.14. The summed E-state index contributed by atoms with van der Waals surface area (Å²) in [5, 5.41) is 8.96. The molecule has 0 radical (unpaired) electrons. The zero-order chi connectivity index (χ0) is 15.8. The number of H-pyrrole nitrogens is 1. The topological polar surface area (TPSA) is 44.8 Å². The molecule has 118 valence electrons. The predicted octanol–water partition coefficient (Wildman–Crippen LogP) is 3.71. The first-order valence-electron chi connectivity index (χ1n) is 7.96. The van der Waals surface area contributed by atoms with E-state index in [0.29, 0.717) is 0 Å². The molecule has 0 atom stereocenters. The van der Waals surface area contributed by atoms with Gasteiger partial charge in [-0.1, -0.05) is 29.8 Å². The van der Waals surface area contributed by atoms with Gasteiger partial charge in [-0.05, 0) is 13.8 Å². The summed E-state index contributed by atoms with van der Waals surface area (Å²) in [6, 6.07) is 8.63. The van der Waals surface area contributed by atoms with Crippen molar-refractivity contribution in [3.05, 3.63) is 57.2 Å². The minimum Gasteiger partial charge on any atom is -0.293 e. The van der Waals surface area contributed by atoms with Crippen molar-refractivity contribution in [1.82, 2.24) is 20.1 Å². The number of hydrogen-bond donors (Lipinski definition) is 1. The van der Waals surface area contributed by atoms with Crippen molar-refractivity contribution in [2.45, 2.75) is 33.4 Å². The van der Waals surface area contributed by atoms with E-state index in [2.05, 4.69) is 58.2 Å². The van der Waals surface area contributed by atoms with Gasteiger partial charge in [-0.25, -0.2) is 4.98 Å². The molecule has 0 fully saturated rings. The largest absolute Gasteiger partial charge is 0.293 e. The van der Waals surface area contributed by atoms with Crippen LogP contribution >= 0.6 is 11.3 Å². The molecule has 0 aliphatic carbocycles. The number of hydrogen-bond acceptors (Lipinski definition) is 4. The quantitative estimate of drug-likeness (QED) is 0.799. The summed E-state index contributed by atoms with van der Waals surface area (Å²) < 4.78 is 0. The van der Waals surface area contributed by atoms with E-state index in [1.807, 2.05) is 6.20 Å². The third-order valence-corrected chi connectivity index (χ3v) is 5.28. The van der Waals surface area contributed by atoms with Crippen molar-refractivity contribution in [3.63, 3.8) is 0 Å². The summed E-state index contributed by atoms with van der Waals surface area (Å²) in [4.78, 5) is 8.19. The van der Waals surface area contributed by atoms with Crippen LogP contribution < -0.4 is 0 Å². The molecule has 1 aliphatic rings. The highest BCUT2D eigenvalue weighted by atomic mass is 32.1. The predicted molar refractivity (Wildman–Crippen MR) is 93.4 cm³/mol. The van der Waals surface area contributed by atoms with Crippen molar-refractivity contribution in [2.75, 3.05) is 6.54 Å². The highest BCUT2D eigenvalue weighted by molar-refractivity contribution is 7.11. The normalized spacial score (nSPS) is 14.9. The summed E-state index contributed by atoms with van der Waals surface area (Å²) >= 11 is 1.79. The summed E-state index contributed by atoms with van der Waals surface area (Å²) in [6.07, 6.45) is 3.04. The van der Waals surface area contributed by atoms with E-state index in [1.54, 1.807) is 11.3 Å². The molecule has 5 heteroatoms. The van der Waals surface area contributed by atoms with Crippen LogP contribution in [0.25, 0.3) is 11.3 Å². The molecule has 0 saturated heterocycles. The van der Waals surface area contributed by atoms with Crippen LogP contribution in [0.1, 0.15) is 26.7 Å². The maximum atomic E-state index is 4.58. The fourth-order valence-corrected chi connectivity index (χ4v) is 3.97. The standard InChI is InChI=1S/C18H20N4S/c1-12-3-5-14(6-4-12)18-16-11-22(8-7-17(16)20-21-18)10-15-9-19-13(2)23-15/h3-6,9H,7-8,10-11H2,1-2H3,(H,20,21). The SMILES string of the molecule is Cc1ccc(-c2n[nH]c3c2CN(Cc2cnc(C)s2)CC3)cc1. The summed E-state index contributed by atoms with van der Waals surface area (Å²) in [6.45, 7) is 7.17. The first kappa shape index (κ1) is 14.6. The molecule has 1 N–H and O–H groups in total. The molecule has 0 bridgehead atoms. The van der Waals surface area contributed by atoms with Crippen molar-refractivity contribution in [2.24, 2.45) is 0 Å². The Kier molecular flexibility index (Phi) is 3.75. The molecule has 1 aliphatic heterocycles. The highest BCUT2D eigenvalue weighted by Gasteiger charge is 2.23. The van der Waals surface area contributed by atoms with Crippen LogP contribution in [0.15, 0.2) is 30.5 Å². The smallest absolute Gasteiger partial charge is 0.0968 e. The second-order valence-corrected chi connectivity index (χ2v) is 7.52. The molecule has 0 spiro atoms. The maximum Gasteiger partial charge on any atom is 0.0968 e. The molecule has 3 aromatic rings. The summed E-state index contributed by atoms with van der Waals surface area (Å²) in [7, 11) is 0. The lowest BCUT2D eigenvalue weighted by atomic mass is 10.0. The highest BCUT2D eigenvalue weighted by Crippen LogP contribution is 2.29. The van der Waals surface area contributed by atoms with Gasteiger partial charge in [0.15, 0.2) is 0 Å². The fourth-order valence-electron chi connectivity index (χ4n) is 3.13. The fraction of sp³-hybridized carbons (Fsp3) is 0.333. The Morgan fingerprint density at radius 2 is 2.04 bits per heavy atom. The van der Waals surface area contributed by atoms with Gasteiger partial charge in [0.1, 0.15) is 0 Å². The lowest BCUT2D eigenvalue weighted by molar-refractivity contribution is 0.247. The molecule has 4 nitrogen and oxygen atoms in total. The van der Waals surface area contributed by atoms with Crippen molar-refractivity contribution >= 4 is 11.3 Å². The Labute approximate surface area is 140 Å². The van der Waals surface area contributed by atoms with Gasteiger partial charge in [0.25, 0.3) is 0 Å². The second kappa shape index (κ2) is 5.91. The van der Waals surface area contributed by atoms with Crippen LogP contribution in [-0.4, -0.2) is 26.6 Å². The van der Waals surface area contributed by atoms with Gasteiger partial charge in [-0.2, -0.15) is 5.10 Å². The first-order valence-corrected chi connectivity index (χ1v) is 8.77. The number of benzene rings is 1. The zero-order valence-electron chi connectivity index (χ0n) is 13.5. The molecular weight excluding hydrogens is 304 g/mol. The van der Waals surface area contributed by atoms with Gasteiger partial charge in [0.05, 0.1) is 10.7 Å². The second-order valence-electron chi connectivity index (χ2n) is 6.20. The van der Waals surface area contributed by atoms with Gasteiger partial charge in [0, 0.05) is 53.9 Å². The Bertz CT molecular complexity index is 816. The molecule has 23 heavy (non-hydrogen) atoms. The van der Waals surface area contributed by atoms with E-state index in [9.17, 15) is 0 Å². The van der Waals surface area contributed by atoms with Gasteiger partial charge in [-0.15, -0.1) is 11.3 Å². The van der Waals surface area contributed by atoms with E-state index in [-0.39, 0.29) is 0 Å². The number of nitrogens with zero attached hydrogens (tertiary/aromatic N) is 3. The molecule has 1 aromatic carbocycles.